The molecule has 0 bridgehead atoms. The van der Waals surface area contributed by atoms with Crippen LogP contribution in [0.4, 0.5) is 4.79 Å². The summed E-state index contributed by atoms with van der Waals surface area (Å²) in [5.41, 5.74) is 6.11. The number of nitrogens with one attached hydrogen (secondary N) is 3. The van der Waals surface area contributed by atoms with E-state index in [1.54, 1.807) is 6.92 Å². The maximum absolute atomic E-state index is 13.7. The Morgan fingerprint density at radius 2 is 1.21 bits per heavy atom. The number of ether oxygens (including phenoxy) is 1. The highest BCUT2D eigenvalue weighted by atomic mass is 16.5. The molecule has 248 valence electrons. The number of methoxy groups -OCH3 is 1. The van der Waals surface area contributed by atoms with E-state index in [0.29, 0.717) is 17.9 Å². The van der Waals surface area contributed by atoms with Crippen LogP contribution in [-0.2, 0) is 14.3 Å². The van der Waals surface area contributed by atoms with E-state index in [4.69, 9.17) is 9.72 Å². The summed E-state index contributed by atoms with van der Waals surface area (Å²) in [6.07, 6.45) is 7.06. The Labute approximate surface area is 279 Å². The number of aromatic nitrogens is 4. The summed E-state index contributed by atoms with van der Waals surface area (Å²) in [6.45, 7) is 5.51. The van der Waals surface area contributed by atoms with Gasteiger partial charge in [-0.15, -0.1) is 0 Å². The second-order valence-electron chi connectivity index (χ2n) is 14.2. The first-order valence-corrected chi connectivity index (χ1v) is 17.0. The van der Waals surface area contributed by atoms with Crippen molar-refractivity contribution in [2.75, 3.05) is 7.11 Å². The number of hydrogen-bond donors (Lipinski definition) is 3. The van der Waals surface area contributed by atoms with Crippen LogP contribution in [0.2, 0.25) is 0 Å². The van der Waals surface area contributed by atoms with Gasteiger partial charge in [0.25, 0.3) is 0 Å². The van der Waals surface area contributed by atoms with E-state index in [1.165, 1.54) is 7.11 Å². The van der Waals surface area contributed by atoms with Crippen LogP contribution in [-0.4, -0.2) is 72.9 Å². The van der Waals surface area contributed by atoms with Gasteiger partial charge in [-0.1, -0.05) is 62.4 Å². The number of imidazole rings is 2. The van der Waals surface area contributed by atoms with Gasteiger partial charge in [0.15, 0.2) is 0 Å². The summed E-state index contributed by atoms with van der Waals surface area (Å²) < 4.78 is 4.78. The Morgan fingerprint density at radius 3 is 1.67 bits per heavy atom. The number of rotatable bonds is 8. The molecule has 4 heterocycles. The molecular weight excluding hydrogens is 606 g/mol. The third kappa shape index (κ3) is 5.35. The van der Waals surface area contributed by atoms with Gasteiger partial charge in [0.05, 0.1) is 43.0 Å². The predicted molar refractivity (Wildman–Crippen MR) is 179 cm³/mol. The van der Waals surface area contributed by atoms with Gasteiger partial charge in [-0.05, 0) is 65.7 Å². The minimum absolute atomic E-state index is 0.0431. The van der Waals surface area contributed by atoms with Gasteiger partial charge >= 0.3 is 6.09 Å². The van der Waals surface area contributed by atoms with Crippen molar-refractivity contribution in [3.05, 3.63) is 72.6 Å². The molecule has 2 saturated heterocycles. The van der Waals surface area contributed by atoms with E-state index in [1.807, 2.05) is 36.0 Å². The fraction of sp³-hybridized carbons (Fsp3) is 0.432. The van der Waals surface area contributed by atoms with Crippen LogP contribution in [0.15, 0.2) is 60.9 Å². The molecule has 48 heavy (non-hydrogen) atoms. The second-order valence-corrected chi connectivity index (χ2v) is 14.2. The molecule has 4 aromatic rings. The topological polar surface area (TPSA) is 136 Å². The van der Waals surface area contributed by atoms with Crippen LogP contribution in [0.25, 0.3) is 33.6 Å². The van der Waals surface area contributed by atoms with E-state index >= 15 is 0 Å². The normalized spacial score (nSPS) is 25.9. The minimum Gasteiger partial charge on any atom is -0.453 e. The zero-order valence-electron chi connectivity index (χ0n) is 27.6. The molecule has 11 nitrogen and oxygen atoms in total. The number of hydrogen-bond acceptors (Lipinski definition) is 6. The fourth-order valence-electron chi connectivity index (χ4n) is 8.02. The van der Waals surface area contributed by atoms with Gasteiger partial charge in [0, 0.05) is 19.0 Å². The Hall–Kier alpha value is -4.93. The first-order chi connectivity index (χ1) is 23.2. The van der Waals surface area contributed by atoms with Crippen molar-refractivity contribution in [3.8, 4) is 33.6 Å². The maximum atomic E-state index is 13.7. The van der Waals surface area contributed by atoms with Crippen LogP contribution in [0.3, 0.4) is 0 Å². The number of aromatic amines is 2. The average molecular weight is 648 g/mol. The van der Waals surface area contributed by atoms with Gasteiger partial charge in [-0.2, -0.15) is 0 Å². The highest BCUT2D eigenvalue weighted by molar-refractivity contribution is 5.87. The maximum Gasteiger partial charge on any atom is 0.407 e. The lowest BCUT2D eigenvalue weighted by atomic mass is 10.0. The first kappa shape index (κ1) is 30.4. The van der Waals surface area contributed by atoms with Gasteiger partial charge in [0.2, 0.25) is 11.8 Å². The van der Waals surface area contributed by atoms with Gasteiger partial charge in [-0.3, -0.25) is 9.59 Å². The van der Waals surface area contributed by atoms with E-state index in [9.17, 15) is 14.4 Å². The lowest BCUT2D eigenvalue weighted by Crippen LogP contribution is -2.52. The Balaban J connectivity index is 0.946. The van der Waals surface area contributed by atoms with Crippen molar-refractivity contribution in [3.63, 3.8) is 0 Å². The van der Waals surface area contributed by atoms with Crippen LogP contribution in [0, 0.1) is 17.8 Å². The molecule has 2 aliphatic carbocycles. The summed E-state index contributed by atoms with van der Waals surface area (Å²) in [5.74, 6) is 2.68. The Bertz CT molecular complexity index is 1860. The van der Waals surface area contributed by atoms with Crippen LogP contribution in [0.5, 0.6) is 0 Å². The molecule has 2 aromatic carbocycles. The lowest BCUT2D eigenvalue weighted by molar-refractivity contribution is -0.136. The van der Waals surface area contributed by atoms with Crippen LogP contribution < -0.4 is 5.32 Å². The second kappa shape index (κ2) is 11.6. The molecule has 0 unspecified atom stereocenters. The number of nitrogens with zero attached hydrogens (tertiary/aromatic N) is 4. The molecule has 4 fully saturated rings. The number of piperidine rings is 2. The third-order valence-corrected chi connectivity index (χ3v) is 10.8. The minimum atomic E-state index is -0.659. The number of benzene rings is 2. The first-order valence-electron chi connectivity index (χ1n) is 17.0. The predicted octanol–water partition coefficient (Wildman–Crippen LogP) is 5.86. The molecule has 7 atom stereocenters. The Kier molecular flexibility index (Phi) is 7.38. The average Bonchev–Trinajstić information content (AvgIpc) is 3.68. The van der Waals surface area contributed by atoms with Gasteiger partial charge in [0.1, 0.15) is 17.7 Å². The smallest absolute Gasteiger partial charge is 0.407 e. The lowest BCUT2D eigenvalue weighted by Gasteiger charge is -2.31. The largest absolute Gasteiger partial charge is 0.453 e. The number of fused-ring (bicyclic) bond motifs is 2. The van der Waals surface area contributed by atoms with Crippen LogP contribution >= 0.6 is 0 Å². The number of H-pyrrole nitrogens is 2. The molecule has 2 aliphatic heterocycles. The van der Waals surface area contributed by atoms with Crippen molar-refractivity contribution in [2.45, 2.75) is 76.7 Å². The molecule has 8 rings (SSSR count). The summed E-state index contributed by atoms with van der Waals surface area (Å²) in [7, 11) is 1.31. The van der Waals surface area contributed by atoms with Crippen LogP contribution in [0.1, 0.15) is 70.2 Å². The van der Waals surface area contributed by atoms with E-state index in [0.717, 1.165) is 71.0 Å². The van der Waals surface area contributed by atoms with E-state index < -0.39 is 12.1 Å². The van der Waals surface area contributed by atoms with E-state index in [-0.39, 0.29) is 35.9 Å². The number of carbonyl (C=O) groups is 3. The number of carbonyl (C=O) groups excluding carboxylic acids is 3. The van der Waals surface area contributed by atoms with Crippen molar-refractivity contribution in [1.29, 1.82) is 0 Å². The highest BCUT2D eigenvalue weighted by Gasteiger charge is 2.56. The highest BCUT2D eigenvalue weighted by Crippen LogP contribution is 2.54. The number of amides is 3. The molecule has 2 saturated carbocycles. The Morgan fingerprint density at radius 1 is 0.750 bits per heavy atom. The number of alkyl carbamates (subject to hydrolysis) is 1. The van der Waals surface area contributed by atoms with Crippen molar-refractivity contribution in [1.82, 2.24) is 35.1 Å². The molecule has 11 heteroatoms. The quantitative estimate of drug-likeness (QED) is 0.219. The summed E-state index contributed by atoms with van der Waals surface area (Å²) in [5, 5.41) is 2.73. The van der Waals surface area contributed by atoms with Gasteiger partial charge in [-0.25, -0.2) is 14.8 Å². The van der Waals surface area contributed by atoms with E-state index in [2.05, 4.69) is 68.8 Å². The molecule has 2 aromatic heterocycles. The zero-order chi connectivity index (χ0) is 33.3. The molecule has 3 amide bonds. The molecule has 0 radical (unpaired) electrons. The molecule has 4 aliphatic rings. The standard InChI is InChI=1S/C37H41N7O4/c1-19(2)33(42-37(47)48-4)36(46)44-30-14-26(30)16-32(44)35-39-18-28(41-35)24-11-7-22(8-12-24)21-5-9-23(10-6-21)27-17-38-34(40-27)31-15-25-13-29(25)43(31)20(3)45/h5-12,17-19,25-26,29-33H,13-16H2,1-4H3,(H,38,40)(H,39,41)(H,42,47)/t25-,26-,29-,30-,31+,32+,33+/m1/s1. The summed E-state index contributed by atoms with van der Waals surface area (Å²) in [6, 6.07) is 16.6. The summed E-state index contributed by atoms with van der Waals surface area (Å²) >= 11 is 0. The summed E-state index contributed by atoms with van der Waals surface area (Å²) in [4.78, 5) is 58.2. The van der Waals surface area contributed by atoms with Gasteiger partial charge < -0.3 is 29.8 Å². The molecule has 3 N–H and O–H groups in total. The van der Waals surface area contributed by atoms with Crippen molar-refractivity contribution < 1.29 is 19.1 Å². The van der Waals surface area contributed by atoms with Crippen molar-refractivity contribution >= 4 is 17.9 Å². The van der Waals surface area contributed by atoms with Crippen molar-refractivity contribution in [2.24, 2.45) is 17.8 Å². The fourth-order valence-corrected chi connectivity index (χ4v) is 8.02. The molecule has 0 spiro atoms. The SMILES string of the molecule is COC(=O)N[C@H](C(=O)N1[C@@H]2C[C@@H]2C[C@H]1c1ncc(-c2ccc(-c3ccc(-c4cnc([C@@H]5C[C@H]6C[C@H]6N5C(C)=O)[nH]4)cc3)cc2)[nH]1)C(C)C. The monoisotopic (exact) mass is 647 g/mol. The third-order valence-electron chi connectivity index (χ3n) is 10.8. The number of likely N-dealkylation sites (tertiary alicyclic amines) is 2. The zero-order valence-corrected chi connectivity index (χ0v) is 27.6. The molecular formula is C37H41N7O4.